The van der Waals surface area contributed by atoms with Crippen LogP contribution in [0.4, 0.5) is 0 Å². The van der Waals surface area contributed by atoms with E-state index in [0.29, 0.717) is 11.8 Å². The standard InChI is InChI=1S/C16H23NO2/c1-12-4-2-5-13(12)10-16(18)17-8-3-6-15-14(11-17)7-9-19-15/h7,9,12-13H,2-6,8,10-11H2,1H3/t12-,13-/m1/s1. The van der Waals surface area contributed by atoms with Crippen LogP contribution in [0.25, 0.3) is 0 Å². The van der Waals surface area contributed by atoms with Gasteiger partial charge in [-0.15, -0.1) is 0 Å². The first-order chi connectivity index (χ1) is 9.24. The molecular formula is C16H23NO2. The molecule has 0 spiro atoms. The molecule has 2 aliphatic rings. The van der Waals surface area contributed by atoms with Crippen LogP contribution < -0.4 is 0 Å². The van der Waals surface area contributed by atoms with Gasteiger partial charge in [0.15, 0.2) is 0 Å². The molecule has 2 atom stereocenters. The second-order valence-corrected chi connectivity index (χ2v) is 6.16. The van der Waals surface area contributed by atoms with Crippen molar-refractivity contribution in [1.29, 1.82) is 0 Å². The van der Waals surface area contributed by atoms with E-state index < -0.39 is 0 Å². The fraction of sp³-hybridized carbons (Fsp3) is 0.688. The van der Waals surface area contributed by atoms with Gasteiger partial charge in [-0.25, -0.2) is 0 Å². The molecule has 1 saturated carbocycles. The number of fused-ring (bicyclic) bond motifs is 1. The van der Waals surface area contributed by atoms with Crippen molar-refractivity contribution in [2.24, 2.45) is 11.8 Å². The summed E-state index contributed by atoms with van der Waals surface area (Å²) in [6.07, 6.45) is 8.30. The van der Waals surface area contributed by atoms with Crippen molar-refractivity contribution >= 4 is 5.91 Å². The molecule has 3 nitrogen and oxygen atoms in total. The van der Waals surface area contributed by atoms with Gasteiger partial charge in [0.25, 0.3) is 0 Å². The Balaban J connectivity index is 1.63. The maximum atomic E-state index is 12.5. The zero-order chi connectivity index (χ0) is 13.2. The minimum Gasteiger partial charge on any atom is -0.469 e. The first kappa shape index (κ1) is 12.8. The molecule has 0 radical (unpaired) electrons. The Hall–Kier alpha value is -1.25. The SMILES string of the molecule is C[C@@H]1CCC[C@@H]1CC(=O)N1CCCc2occc2C1. The van der Waals surface area contributed by atoms with Gasteiger partial charge in [0.05, 0.1) is 6.26 Å². The normalized spacial score (nSPS) is 27.1. The highest BCUT2D eigenvalue weighted by atomic mass is 16.3. The van der Waals surface area contributed by atoms with Crippen molar-refractivity contribution in [3.63, 3.8) is 0 Å². The van der Waals surface area contributed by atoms with Crippen LogP contribution in [0.5, 0.6) is 0 Å². The number of nitrogens with zero attached hydrogens (tertiary/aromatic N) is 1. The van der Waals surface area contributed by atoms with Crippen LogP contribution in [0, 0.1) is 11.8 Å². The average Bonchev–Trinajstić information content (AvgIpc) is 2.94. The number of carbonyl (C=O) groups is 1. The number of aryl methyl sites for hydroxylation is 1. The van der Waals surface area contributed by atoms with E-state index in [4.69, 9.17) is 4.42 Å². The highest BCUT2D eigenvalue weighted by Gasteiger charge is 2.28. The summed E-state index contributed by atoms with van der Waals surface area (Å²) in [7, 11) is 0. The van der Waals surface area contributed by atoms with Crippen LogP contribution in [0.2, 0.25) is 0 Å². The zero-order valence-electron chi connectivity index (χ0n) is 11.7. The largest absolute Gasteiger partial charge is 0.469 e. The van der Waals surface area contributed by atoms with Crippen molar-refractivity contribution in [2.75, 3.05) is 6.54 Å². The molecule has 0 N–H and O–H groups in total. The lowest BCUT2D eigenvalue weighted by molar-refractivity contribution is -0.133. The van der Waals surface area contributed by atoms with Gasteiger partial charge < -0.3 is 9.32 Å². The zero-order valence-corrected chi connectivity index (χ0v) is 11.7. The Kier molecular flexibility index (Phi) is 3.63. The highest BCUT2D eigenvalue weighted by Crippen LogP contribution is 2.34. The third-order valence-corrected chi connectivity index (χ3v) is 4.86. The maximum absolute atomic E-state index is 12.5. The summed E-state index contributed by atoms with van der Waals surface area (Å²) in [5, 5.41) is 0. The molecule has 104 valence electrons. The molecule has 3 heteroatoms. The fourth-order valence-electron chi connectivity index (χ4n) is 3.53. The Morgan fingerprint density at radius 1 is 1.42 bits per heavy atom. The van der Waals surface area contributed by atoms with E-state index in [-0.39, 0.29) is 0 Å². The molecule has 1 amide bonds. The number of rotatable bonds is 2. The molecule has 1 aliphatic heterocycles. The van der Waals surface area contributed by atoms with E-state index in [1.54, 1.807) is 6.26 Å². The Bertz CT molecular complexity index is 451. The van der Waals surface area contributed by atoms with Crippen molar-refractivity contribution < 1.29 is 9.21 Å². The minimum absolute atomic E-state index is 0.341. The van der Waals surface area contributed by atoms with Crippen LogP contribution in [0.15, 0.2) is 16.7 Å². The van der Waals surface area contributed by atoms with Gasteiger partial charge in [0.2, 0.25) is 5.91 Å². The summed E-state index contributed by atoms with van der Waals surface area (Å²) in [6.45, 7) is 3.91. The summed E-state index contributed by atoms with van der Waals surface area (Å²) >= 11 is 0. The van der Waals surface area contributed by atoms with Gasteiger partial charge in [-0.05, 0) is 30.7 Å². The molecule has 0 aromatic carbocycles. The van der Waals surface area contributed by atoms with E-state index in [1.807, 2.05) is 11.0 Å². The van der Waals surface area contributed by atoms with E-state index in [2.05, 4.69) is 6.92 Å². The quantitative estimate of drug-likeness (QED) is 0.817. The molecule has 0 saturated heterocycles. The lowest BCUT2D eigenvalue weighted by Crippen LogP contribution is -2.32. The second-order valence-electron chi connectivity index (χ2n) is 6.16. The van der Waals surface area contributed by atoms with E-state index in [9.17, 15) is 4.79 Å². The smallest absolute Gasteiger partial charge is 0.223 e. The first-order valence-electron chi connectivity index (χ1n) is 7.57. The molecule has 3 rings (SSSR count). The topological polar surface area (TPSA) is 33.5 Å². The third kappa shape index (κ3) is 2.70. The van der Waals surface area contributed by atoms with Crippen LogP contribution in [-0.4, -0.2) is 17.4 Å². The van der Waals surface area contributed by atoms with Gasteiger partial charge in [-0.1, -0.05) is 19.8 Å². The molecular weight excluding hydrogens is 238 g/mol. The fourth-order valence-corrected chi connectivity index (χ4v) is 3.53. The van der Waals surface area contributed by atoms with Gasteiger partial charge in [0, 0.05) is 31.5 Å². The summed E-state index contributed by atoms with van der Waals surface area (Å²) in [6, 6.07) is 2.01. The number of furan rings is 1. The van der Waals surface area contributed by atoms with Crippen LogP contribution in [0.3, 0.4) is 0 Å². The molecule has 1 aliphatic carbocycles. The summed E-state index contributed by atoms with van der Waals surface area (Å²) in [4.78, 5) is 14.5. The monoisotopic (exact) mass is 261 g/mol. The maximum Gasteiger partial charge on any atom is 0.223 e. The molecule has 1 aromatic rings. The van der Waals surface area contributed by atoms with Crippen LogP contribution in [0.1, 0.15) is 50.4 Å². The number of hydrogen-bond donors (Lipinski definition) is 0. The Morgan fingerprint density at radius 2 is 2.32 bits per heavy atom. The van der Waals surface area contributed by atoms with Crippen molar-refractivity contribution in [2.45, 2.75) is 52.0 Å². The van der Waals surface area contributed by atoms with Crippen molar-refractivity contribution in [1.82, 2.24) is 4.90 Å². The van der Waals surface area contributed by atoms with Crippen LogP contribution in [-0.2, 0) is 17.8 Å². The highest BCUT2D eigenvalue weighted by molar-refractivity contribution is 5.76. The van der Waals surface area contributed by atoms with Crippen molar-refractivity contribution in [3.8, 4) is 0 Å². The molecule has 2 heterocycles. The van der Waals surface area contributed by atoms with Gasteiger partial charge in [0.1, 0.15) is 5.76 Å². The molecule has 0 bridgehead atoms. The Morgan fingerprint density at radius 3 is 3.11 bits per heavy atom. The summed E-state index contributed by atoms with van der Waals surface area (Å²) in [5.41, 5.74) is 1.20. The van der Waals surface area contributed by atoms with Crippen LogP contribution >= 0.6 is 0 Å². The van der Waals surface area contributed by atoms with E-state index in [1.165, 1.54) is 24.8 Å². The number of carbonyl (C=O) groups excluding carboxylic acids is 1. The predicted molar refractivity (Wildman–Crippen MR) is 73.6 cm³/mol. The lowest BCUT2D eigenvalue weighted by Gasteiger charge is -2.23. The predicted octanol–water partition coefficient (Wildman–Crippen LogP) is 3.38. The average molecular weight is 261 g/mol. The minimum atomic E-state index is 0.341. The molecule has 19 heavy (non-hydrogen) atoms. The van der Waals surface area contributed by atoms with E-state index in [0.717, 1.165) is 44.0 Å². The number of hydrogen-bond acceptors (Lipinski definition) is 2. The lowest BCUT2D eigenvalue weighted by atomic mass is 9.94. The summed E-state index contributed by atoms with van der Waals surface area (Å²) < 4.78 is 5.48. The van der Waals surface area contributed by atoms with Gasteiger partial charge in [-0.2, -0.15) is 0 Å². The molecule has 0 unspecified atom stereocenters. The molecule has 1 aromatic heterocycles. The Labute approximate surface area is 115 Å². The second kappa shape index (κ2) is 5.40. The van der Waals surface area contributed by atoms with E-state index >= 15 is 0 Å². The third-order valence-electron chi connectivity index (χ3n) is 4.86. The van der Waals surface area contributed by atoms with Crippen molar-refractivity contribution in [3.05, 3.63) is 23.7 Å². The summed E-state index contributed by atoms with van der Waals surface area (Å²) in [5.74, 6) is 2.75. The van der Waals surface area contributed by atoms with Gasteiger partial charge in [-0.3, -0.25) is 4.79 Å². The van der Waals surface area contributed by atoms with Gasteiger partial charge >= 0.3 is 0 Å². The number of amides is 1. The molecule has 1 fully saturated rings. The first-order valence-corrected chi connectivity index (χ1v) is 7.57.